The largest absolute Gasteiger partial charge is 0.481 e. The molecule has 0 aliphatic heterocycles. The predicted octanol–water partition coefficient (Wildman–Crippen LogP) is 2.50. The van der Waals surface area contributed by atoms with Crippen LogP contribution in [0.3, 0.4) is 0 Å². The average Bonchev–Trinajstić information content (AvgIpc) is 2.29. The van der Waals surface area contributed by atoms with Gasteiger partial charge in [-0.15, -0.1) is 0 Å². The maximum Gasteiger partial charge on any atom is 0.223 e. The maximum absolute atomic E-state index is 5.59. The third-order valence-electron chi connectivity index (χ3n) is 2.07. The van der Waals surface area contributed by atoms with Gasteiger partial charge in [0.2, 0.25) is 11.8 Å². The van der Waals surface area contributed by atoms with Gasteiger partial charge in [0.1, 0.15) is 0 Å². The molecule has 0 bridgehead atoms. The van der Waals surface area contributed by atoms with E-state index in [-0.39, 0.29) is 5.95 Å². The zero-order valence-corrected chi connectivity index (χ0v) is 10.2. The van der Waals surface area contributed by atoms with Crippen molar-refractivity contribution in [2.45, 2.75) is 0 Å². The Morgan fingerprint density at radius 2 is 1.88 bits per heavy atom. The van der Waals surface area contributed by atoms with Crippen LogP contribution in [0.4, 0.5) is 5.95 Å². The second-order valence-corrected chi connectivity index (χ2v) is 4.08. The van der Waals surface area contributed by atoms with Crippen molar-refractivity contribution in [3.8, 4) is 17.1 Å². The first-order valence-corrected chi connectivity index (χ1v) is 5.43. The number of hydrogen-bond donors (Lipinski definition) is 1. The standard InChI is InChI=1S/C11H10BrN3O/c1-16-10-6-9(14-11(13)15-10)7-2-4-8(12)5-3-7/h2-6H,1H3,(H2,13,14,15). The molecule has 0 amide bonds. The van der Waals surface area contributed by atoms with E-state index in [0.717, 1.165) is 15.7 Å². The van der Waals surface area contributed by atoms with Crippen LogP contribution in [0.15, 0.2) is 34.8 Å². The van der Waals surface area contributed by atoms with Gasteiger partial charge in [0.25, 0.3) is 0 Å². The first-order chi connectivity index (χ1) is 7.69. The van der Waals surface area contributed by atoms with Gasteiger partial charge in [0, 0.05) is 16.1 Å². The average molecular weight is 280 g/mol. The van der Waals surface area contributed by atoms with Crippen LogP contribution in [0.2, 0.25) is 0 Å². The molecule has 0 radical (unpaired) electrons. The van der Waals surface area contributed by atoms with Gasteiger partial charge in [-0.05, 0) is 12.1 Å². The van der Waals surface area contributed by atoms with E-state index >= 15 is 0 Å². The molecule has 0 aliphatic rings. The van der Waals surface area contributed by atoms with Crippen LogP contribution >= 0.6 is 15.9 Å². The Labute approximate surface area is 102 Å². The highest BCUT2D eigenvalue weighted by Crippen LogP contribution is 2.23. The lowest BCUT2D eigenvalue weighted by molar-refractivity contribution is 0.398. The number of nitrogen functional groups attached to an aromatic ring is 1. The molecule has 16 heavy (non-hydrogen) atoms. The third-order valence-corrected chi connectivity index (χ3v) is 2.60. The van der Waals surface area contributed by atoms with Gasteiger partial charge in [-0.2, -0.15) is 4.98 Å². The predicted molar refractivity (Wildman–Crippen MR) is 66.1 cm³/mol. The fourth-order valence-electron chi connectivity index (χ4n) is 1.32. The molecular weight excluding hydrogens is 270 g/mol. The first-order valence-electron chi connectivity index (χ1n) is 4.63. The Kier molecular flexibility index (Phi) is 3.05. The number of benzene rings is 1. The van der Waals surface area contributed by atoms with Crippen molar-refractivity contribution >= 4 is 21.9 Å². The maximum atomic E-state index is 5.59. The van der Waals surface area contributed by atoms with E-state index in [0.29, 0.717) is 5.88 Å². The first kappa shape index (κ1) is 10.9. The quantitative estimate of drug-likeness (QED) is 0.918. The minimum Gasteiger partial charge on any atom is -0.481 e. The number of anilines is 1. The summed E-state index contributed by atoms with van der Waals surface area (Å²) in [5.41, 5.74) is 7.31. The SMILES string of the molecule is COc1cc(-c2ccc(Br)cc2)nc(N)n1. The highest BCUT2D eigenvalue weighted by molar-refractivity contribution is 9.10. The summed E-state index contributed by atoms with van der Waals surface area (Å²) in [7, 11) is 1.55. The van der Waals surface area contributed by atoms with Crippen molar-refractivity contribution in [2.24, 2.45) is 0 Å². The summed E-state index contributed by atoms with van der Waals surface area (Å²) in [5.74, 6) is 0.669. The third kappa shape index (κ3) is 2.30. The van der Waals surface area contributed by atoms with Crippen molar-refractivity contribution in [2.75, 3.05) is 12.8 Å². The van der Waals surface area contributed by atoms with E-state index in [1.807, 2.05) is 24.3 Å². The van der Waals surface area contributed by atoms with Gasteiger partial charge in [0.05, 0.1) is 12.8 Å². The number of halogens is 1. The summed E-state index contributed by atoms with van der Waals surface area (Å²) < 4.78 is 6.06. The molecular formula is C11H10BrN3O. The van der Waals surface area contributed by atoms with E-state index in [1.165, 1.54) is 0 Å². The van der Waals surface area contributed by atoms with Crippen LogP contribution in [0.5, 0.6) is 5.88 Å². The molecule has 0 spiro atoms. The molecule has 5 heteroatoms. The Balaban J connectivity index is 2.47. The molecule has 0 saturated heterocycles. The molecule has 2 aromatic rings. The normalized spacial score (nSPS) is 10.1. The van der Waals surface area contributed by atoms with Crippen LogP contribution in [-0.2, 0) is 0 Å². The number of nitrogens with two attached hydrogens (primary N) is 1. The lowest BCUT2D eigenvalue weighted by Gasteiger charge is -2.04. The molecule has 2 rings (SSSR count). The van der Waals surface area contributed by atoms with Crippen molar-refractivity contribution < 1.29 is 4.74 Å². The van der Waals surface area contributed by atoms with Gasteiger partial charge in [-0.1, -0.05) is 28.1 Å². The summed E-state index contributed by atoms with van der Waals surface area (Å²) in [5, 5.41) is 0. The van der Waals surface area contributed by atoms with E-state index in [9.17, 15) is 0 Å². The molecule has 82 valence electrons. The number of hydrogen-bond acceptors (Lipinski definition) is 4. The van der Waals surface area contributed by atoms with E-state index in [4.69, 9.17) is 10.5 Å². The molecule has 2 N–H and O–H groups in total. The molecule has 0 fully saturated rings. The van der Waals surface area contributed by atoms with Crippen LogP contribution in [0, 0.1) is 0 Å². The number of nitrogens with zero attached hydrogens (tertiary/aromatic N) is 2. The Morgan fingerprint density at radius 1 is 1.19 bits per heavy atom. The molecule has 0 saturated carbocycles. The number of aromatic nitrogens is 2. The fraction of sp³-hybridized carbons (Fsp3) is 0.0909. The smallest absolute Gasteiger partial charge is 0.223 e. The molecule has 1 aromatic carbocycles. The van der Waals surface area contributed by atoms with Crippen molar-refractivity contribution in [1.82, 2.24) is 9.97 Å². The van der Waals surface area contributed by atoms with E-state index in [2.05, 4.69) is 25.9 Å². The lowest BCUT2D eigenvalue weighted by atomic mass is 10.1. The lowest BCUT2D eigenvalue weighted by Crippen LogP contribution is -1.99. The summed E-state index contributed by atoms with van der Waals surface area (Å²) in [6, 6.07) is 9.54. The monoisotopic (exact) mass is 279 g/mol. The zero-order chi connectivity index (χ0) is 11.5. The van der Waals surface area contributed by atoms with Crippen LogP contribution in [0.1, 0.15) is 0 Å². The van der Waals surface area contributed by atoms with Gasteiger partial charge in [-0.3, -0.25) is 0 Å². The summed E-state index contributed by atoms with van der Waals surface area (Å²) in [6.45, 7) is 0. The Bertz CT molecular complexity index is 499. The number of methoxy groups -OCH3 is 1. The minimum atomic E-state index is 0.206. The molecule has 0 aliphatic carbocycles. The second-order valence-electron chi connectivity index (χ2n) is 3.16. The molecule has 1 aromatic heterocycles. The van der Waals surface area contributed by atoms with Gasteiger partial charge >= 0.3 is 0 Å². The number of ether oxygens (including phenoxy) is 1. The van der Waals surface area contributed by atoms with Gasteiger partial charge < -0.3 is 10.5 Å². The topological polar surface area (TPSA) is 61.0 Å². The van der Waals surface area contributed by atoms with E-state index in [1.54, 1.807) is 13.2 Å². The Morgan fingerprint density at radius 3 is 2.50 bits per heavy atom. The molecule has 0 atom stereocenters. The molecule has 0 unspecified atom stereocenters. The Hall–Kier alpha value is -1.62. The van der Waals surface area contributed by atoms with Gasteiger partial charge in [0.15, 0.2) is 0 Å². The second kappa shape index (κ2) is 4.49. The fourth-order valence-corrected chi connectivity index (χ4v) is 1.58. The zero-order valence-electron chi connectivity index (χ0n) is 8.64. The van der Waals surface area contributed by atoms with Crippen LogP contribution in [0.25, 0.3) is 11.3 Å². The van der Waals surface area contributed by atoms with Crippen molar-refractivity contribution in [1.29, 1.82) is 0 Å². The summed E-state index contributed by atoms with van der Waals surface area (Å²) in [6.07, 6.45) is 0. The summed E-state index contributed by atoms with van der Waals surface area (Å²) in [4.78, 5) is 8.08. The van der Waals surface area contributed by atoms with Crippen molar-refractivity contribution in [3.63, 3.8) is 0 Å². The van der Waals surface area contributed by atoms with Crippen LogP contribution < -0.4 is 10.5 Å². The minimum absolute atomic E-state index is 0.206. The van der Waals surface area contributed by atoms with Crippen LogP contribution in [-0.4, -0.2) is 17.1 Å². The molecule has 1 heterocycles. The summed E-state index contributed by atoms with van der Waals surface area (Å²) >= 11 is 3.38. The molecule has 4 nitrogen and oxygen atoms in total. The highest BCUT2D eigenvalue weighted by atomic mass is 79.9. The highest BCUT2D eigenvalue weighted by Gasteiger charge is 2.04. The number of rotatable bonds is 2. The van der Waals surface area contributed by atoms with E-state index < -0.39 is 0 Å². The van der Waals surface area contributed by atoms with Crippen molar-refractivity contribution in [3.05, 3.63) is 34.8 Å². The van der Waals surface area contributed by atoms with Gasteiger partial charge in [-0.25, -0.2) is 4.98 Å².